The Labute approximate surface area is 97.7 Å². The Morgan fingerprint density at radius 3 is 2.56 bits per heavy atom. The van der Waals surface area contributed by atoms with Gasteiger partial charge in [0.15, 0.2) is 5.82 Å². The monoisotopic (exact) mass is 265 g/mol. The molecule has 0 fully saturated rings. The number of carboxylic acids is 1. The van der Waals surface area contributed by atoms with Gasteiger partial charge in [-0.25, -0.2) is 4.39 Å². The molecule has 1 N–H and O–H groups in total. The molecule has 6 nitrogen and oxygen atoms in total. The highest BCUT2D eigenvalue weighted by Crippen LogP contribution is 2.35. The molecular formula is C9H6F3NO5. The van der Waals surface area contributed by atoms with Gasteiger partial charge in [-0.1, -0.05) is 0 Å². The van der Waals surface area contributed by atoms with Crippen LogP contribution >= 0.6 is 0 Å². The van der Waals surface area contributed by atoms with E-state index in [0.717, 1.165) is 6.07 Å². The summed E-state index contributed by atoms with van der Waals surface area (Å²) in [6.07, 6.45) is -0.809. The Morgan fingerprint density at radius 1 is 1.50 bits per heavy atom. The summed E-state index contributed by atoms with van der Waals surface area (Å²) in [5.41, 5.74) is -1.54. The fraction of sp³-hybridized carbons (Fsp3) is 0.222. The molecule has 18 heavy (non-hydrogen) atoms. The molecule has 1 rings (SSSR count). The molecule has 0 saturated heterocycles. The number of nitrogens with zero attached hydrogens (tertiary/aromatic N) is 1. The van der Waals surface area contributed by atoms with E-state index < -0.39 is 46.7 Å². The summed E-state index contributed by atoms with van der Waals surface area (Å²) in [5.74, 6) is -4.06. The Balaban J connectivity index is 3.37. The maximum atomic E-state index is 13.2. The molecule has 0 amide bonds. The molecular weight excluding hydrogens is 259 g/mol. The van der Waals surface area contributed by atoms with Gasteiger partial charge < -0.3 is 9.84 Å². The normalized spacial score (nSPS) is 10.4. The van der Waals surface area contributed by atoms with Crippen molar-refractivity contribution in [3.05, 3.63) is 33.6 Å². The minimum Gasteiger partial charge on any atom is -0.481 e. The molecule has 9 heteroatoms. The summed E-state index contributed by atoms with van der Waals surface area (Å²) in [6, 6.07) is 1.46. The molecule has 0 saturated carbocycles. The average Bonchev–Trinajstić information content (AvgIpc) is 2.21. The SMILES string of the molecule is O=C(O)Cc1ccc(F)c(OC(F)F)c1[N+](=O)[O-]. The van der Waals surface area contributed by atoms with Crippen LogP contribution in [0.4, 0.5) is 18.9 Å². The molecule has 0 spiro atoms. The van der Waals surface area contributed by atoms with Crippen LogP contribution in [0.25, 0.3) is 0 Å². The zero-order valence-electron chi connectivity index (χ0n) is 8.60. The van der Waals surface area contributed by atoms with Crippen molar-refractivity contribution in [3.63, 3.8) is 0 Å². The van der Waals surface area contributed by atoms with Crippen LogP contribution in [0, 0.1) is 15.9 Å². The summed E-state index contributed by atoms with van der Waals surface area (Å²) < 4.78 is 40.9. The summed E-state index contributed by atoms with van der Waals surface area (Å²) in [4.78, 5) is 20.0. The number of aliphatic carboxylic acids is 1. The van der Waals surface area contributed by atoms with E-state index in [1.165, 1.54) is 0 Å². The van der Waals surface area contributed by atoms with E-state index in [-0.39, 0.29) is 0 Å². The van der Waals surface area contributed by atoms with E-state index in [2.05, 4.69) is 4.74 Å². The number of nitro benzene ring substituents is 1. The van der Waals surface area contributed by atoms with E-state index in [4.69, 9.17) is 5.11 Å². The van der Waals surface area contributed by atoms with Gasteiger partial charge in [-0.05, 0) is 12.1 Å². The van der Waals surface area contributed by atoms with Gasteiger partial charge in [0, 0.05) is 5.56 Å². The number of nitro groups is 1. The third kappa shape index (κ3) is 3.09. The number of benzene rings is 1. The largest absolute Gasteiger partial charge is 0.481 e. The molecule has 0 heterocycles. The van der Waals surface area contributed by atoms with Crippen LogP contribution in [0.2, 0.25) is 0 Å². The molecule has 1 aromatic carbocycles. The lowest BCUT2D eigenvalue weighted by molar-refractivity contribution is -0.387. The van der Waals surface area contributed by atoms with E-state index in [1.807, 2.05) is 0 Å². The minimum atomic E-state index is -3.46. The lowest BCUT2D eigenvalue weighted by Crippen LogP contribution is -2.10. The molecule has 0 aliphatic carbocycles. The Bertz CT molecular complexity index is 491. The summed E-state index contributed by atoms with van der Waals surface area (Å²) in [5, 5.41) is 19.2. The molecule has 0 aliphatic rings. The van der Waals surface area contributed by atoms with Crippen molar-refractivity contribution in [2.75, 3.05) is 0 Å². The van der Waals surface area contributed by atoms with Crippen molar-refractivity contribution in [1.29, 1.82) is 0 Å². The van der Waals surface area contributed by atoms with E-state index in [9.17, 15) is 28.1 Å². The zero-order chi connectivity index (χ0) is 13.9. The van der Waals surface area contributed by atoms with E-state index in [1.54, 1.807) is 0 Å². The van der Waals surface area contributed by atoms with Crippen molar-refractivity contribution in [2.24, 2.45) is 0 Å². The van der Waals surface area contributed by atoms with Crippen molar-refractivity contribution in [1.82, 2.24) is 0 Å². The second kappa shape index (κ2) is 5.34. The lowest BCUT2D eigenvalue weighted by Gasteiger charge is -2.08. The van der Waals surface area contributed by atoms with Crippen LogP contribution in [-0.2, 0) is 11.2 Å². The van der Waals surface area contributed by atoms with Crippen LogP contribution in [-0.4, -0.2) is 22.6 Å². The van der Waals surface area contributed by atoms with Gasteiger partial charge >= 0.3 is 18.3 Å². The van der Waals surface area contributed by atoms with Crippen molar-refractivity contribution in [2.45, 2.75) is 13.0 Å². The maximum Gasteiger partial charge on any atom is 0.387 e. The third-order valence-electron chi connectivity index (χ3n) is 1.90. The predicted octanol–water partition coefficient (Wildman–Crippen LogP) is 1.96. The number of halogens is 3. The zero-order valence-corrected chi connectivity index (χ0v) is 8.60. The number of carbonyl (C=O) groups is 1. The minimum absolute atomic E-state index is 0.426. The molecule has 98 valence electrons. The second-order valence-corrected chi connectivity index (χ2v) is 3.09. The van der Waals surface area contributed by atoms with Gasteiger partial charge in [0.1, 0.15) is 0 Å². The highest BCUT2D eigenvalue weighted by molar-refractivity contribution is 5.73. The Morgan fingerprint density at radius 2 is 2.11 bits per heavy atom. The number of ether oxygens (including phenoxy) is 1. The summed E-state index contributed by atoms with van der Waals surface area (Å²) in [7, 11) is 0. The van der Waals surface area contributed by atoms with Gasteiger partial charge in [0.05, 0.1) is 11.3 Å². The number of rotatable bonds is 5. The number of alkyl halides is 2. The summed E-state index contributed by atoms with van der Waals surface area (Å²) in [6.45, 7) is -3.46. The smallest absolute Gasteiger partial charge is 0.387 e. The van der Waals surface area contributed by atoms with Gasteiger partial charge in [-0.15, -0.1) is 0 Å². The molecule has 1 aromatic rings. The topological polar surface area (TPSA) is 89.7 Å². The number of carboxylic acid groups (broad SMARTS) is 1. The van der Waals surface area contributed by atoms with Crippen LogP contribution in [0.5, 0.6) is 5.75 Å². The average molecular weight is 265 g/mol. The first kappa shape index (κ1) is 13.7. The fourth-order valence-electron chi connectivity index (χ4n) is 1.29. The van der Waals surface area contributed by atoms with Crippen LogP contribution < -0.4 is 4.74 Å². The van der Waals surface area contributed by atoms with Gasteiger partial charge in [-0.2, -0.15) is 8.78 Å². The predicted molar refractivity (Wildman–Crippen MR) is 51.0 cm³/mol. The Kier molecular flexibility index (Phi) is 4.08. The highest BCUT2D eigenvalue weighted by Gasteiger charge is 2.28. The molecule has 0 unspecified atom stereocenters. The molecule has 0 bridgehead atoms. The van der Waals surface area contributed by atoms with Crippen molar-refractivity contribution < 1.29 is 32.7 Å². The summed E-state index contributed by atoms with van der Waals surface area (Å²) >= 11 is 0. The quantitative estimate of drug-likeness (QED) is 0.649. The van der Waals surface area contributed by atoms with Gasteiger partial charge in [0.2, 0.25) is 5.75 Å². The standard InChI is InChI=1S/C9H6F3NO5/c10-5-2-1-4(3-6(14)15)7(13(16)17)8(5)18-9(11)12/h1-2,9H,3H2,(H,14,15). The maximum absolute atomic E-state index is 13.2. The highest BCUT2D eigenvalue weighted by atomic mass is 19.3. The number of hydrogen-bond donors (Lipinski definition) is 1. The number of hydrogen-bond acceptors (Lipinski definition) is 4. The van der Waals surface area contributed by atoms with Crippen LogP contribution in [0.3, 0.4) is 0 Å². The Hall–Kier alpha value is -2.32. The van der Waals surface area contributed by atoms with Crippen molar-refractivity contribution >= 4 is 11.7 Å². The van der Waals surface area contributed by atoms with Crippen molar-refractivity contribution in [3.8, 4) is 5.75 Å². The molecule has 0 atom stereocenters. The molecule has 0 aromatic heterocycles. The lowest BCUT2D eigenvalue weighted by atomic mass is 10.1. The molecule has 0 radical (unpaired) electrons. The first-order chi connectivity index (χ1) is 8.32. The second-order valence-electron chi connectivity index (χ2n) is 3.09. The van der Waals surface area contributed by atoms with Gasteiger partial charge in [-0.3, -0.25) is 14.9 Å². The van der Waals surface area contributed by atoms with E-state index in [0.29, 0.717) is 6.07 Å². The van der Waals surface area contributed by atoms with Crippen LogP contribution in [0.15, 0.2) is 12.1 Å². The van der Waals surface area contributed by atoms with E-state index >= 15 is 0 Å². The first-order valence-electron chi connectivity index (χ1n) is 4.45. The fourth-order valence-corrected chi connectivity index (χ4v) is 1.29. The van der Waals surface area contributed by atoms with Gasteiger partial charge in [0.25, 0.3) is 0 Å². The molecule has 0 aliphatic heterocycles. The first-order valence-corrected chi connectivity index (χ1v) is 4.45. The van der Waals surface area contributed by atoms with Crippen LogP contribution in [0.1, 0.15) is 5.56 Å². The third-order valence-corrected chi connectivity index (χ3v) is 1.90.